The predicted octanol–water partition coefficient (Wildman–Crippen LogP) is 1.36. The maximum atomic E-state index is 5.00. The molecule has 0 unspecified atom stereocenters. The maximum absolute atomic E-state index is 5.00. The highest BCUT2D eigenvalue weighted by Crippen LogP contribution is 2.21. The molecule has 0 aliphatic heterocycles. The van der Waals surface area contributed by atoms with E-state index in [1.807, 2.05) is 18.5 Å². The van der Waals surface area contributed by atoms with Crippen LogP contribution in [0.4, 0.5) is 0 Å². The Bertz CT molecular complexity index is 272. The molecule has 0 aromatic carbocycles. The summed E-state index contributed by atoms with van der Waals surface area (Å²) in [6, 6.07) is 0. The summed E-state index contributed by atoms with van der Waals surface area (Å²) in [5, 5.41) is 4.28. The van der Waals surface area contributed by atoms with Crippen molar-refractivity contribution >= 4 is 15.9 Å². The molecule has 0 aliphatic carbocycles. The Labute approximate surface area is 79.8 Å². The van der Waals surface area contributed by atoms with E-state index in [4.69, 9.17) is 5.90 Å². The van der Waals surface area contributed by atoms with Gasteiger partial charge in [0, 0.05) is 6.54 Å². The molecule has 1 aromatic rings. The summed E-state index contributed by atoms with van der Waals surface area (Å²) >= 11 is 3.42. The Kier molecular flexibility index (Phi) is 3.25. The molecule has 0 saturated heterocycles. The smallest absolute Gasteiger partial charge is 0.111 e. The molecule has 0 atom stereocenters. The molecular formula is C7H12BrN3O. The number of hydrogen-bond acceptors (Lipinski definition) is 3. The Morgan fingerprint density at radius 1 is 1.67 bits per heavy atom. The Balaban J connectivity index is 3.03. The molecule has 0 saturated carbocycles. The van der Waals surface area contributed by atoms with Gasteiger partial charge in [-0.2, -0.15) is 5.10 Å². The molecule has 1 heterocycles. The van der Waals surface area contributed by atoms with Gasteiger partial charge >= 0.3 is 0 Å². The summed E-state index contributed by atoms with van der Waals surface area (Å²) in [4.78, 5) is 4.57. The van der Waals surface area contributed by atoms with Gasteiger partial charge in [-0.3, -0.25) is 9.52 Å². The lowest BCUT2D eigenvalue weighted by Gasteiger charge is -2.02. The highest BCUT2D eigenvalue weighted by atomic mass is 79.9. The first-order chi connectivity index (χ1) is 5.70. The van der Waals surface area contributed by atoms with Crippen LogP contribution in [0.1, 0.15) is 18.3 Å². The van der Waals surface area contributed by atoms with E-state index in [-0.39, 0.29) is 0 Å². The normalized spacial score (nSPS) is 10.7. The van der Waals surface area contributed by atoms with E-state index < -0.39 is 0 Å². The van der Waals surface area contributed by atoms with Crippen molar-refractivity contribution in [1.82, 2.24) is 9.78 Å². The monoisotopic (exact) mass is 233 g/mol. The highest BCUT2D eigenvalue weighted by Gasteiger charge is 2.10. The van der Waals surface area contributed by atoms with E-state index in [1.54, 1.807) is 0 Å². The third-order valence-electron chi connectivity index (χ3n) is 1.67. The van der Waals surface area contributed by atoms with Crippen LogP contribution < -0.4 is 5.90 Å². The summed E-state index contributed by atoms with van der Waals surface area (Å²) in [7, 11) is 0. The number of rotatable bonds is 3. The Hall–Kier alpha value is -0.390. The second-order valence-corrected chi connectivity index (χ2v) is 3.27. The van der Waals surface area contributed by atoms with Gasteiger partial charge in [0.1, 0.15) is 6.61 Å². The van der Waals surface area contributed by atoms with Crippen molar-refractivity contribution in [3.63, 3.8) is 0 Å². The quantitative estimate of drug-likeness (QED) is 0.803. The SMILES string of the molecule is CCn1nc(C)c(Br)c1CON. The summed E-state index contributed by atoms with van der Waals surface area (Å²) in [6.45, 7) is 5.18. The molecule has 0 aliphatic rings. The van der Waals surface area contributed by atoms with Crippen LogP contribution in [-0.2, 0) is 18.0 Å². The van der Waals surface area contributed by atoms with Crippen LogP contribution in [0.3, 0.4) is 0 Å². The lowest BCUT2D eigenvalue weighted by atomic mass is 10.4. The number of aromatic nitrogens is 2. The maximum Gasteiger partial charge on any atom is 0.111 e. The van der Waals surface area contributed by atoms with Crippen molar-refractivity contribution in [2.75, 3.05) is 0 Å². The first-order valence-electron chi connectivity index (χ1n) is 3.74. The number of nitrogens with two attached hydrogens (primary N) is 1. The van der Waals surface area contributed by atoms with Crippen molar-refractivity contribution in [2.45, 2.75) is 27.0 Å². The molecule has 1 aromatic heterocycles. The highest BCUT2D eigenvalue weighted by molar-refractivity contribution is 9.10. The summed E-state index contributed by atoms with van der Waals surface area (Å²) in [5.74, 6) is 5.00. The Morgan fingerprint density at radius 3 is 2.83 bits per heavy atom. The third kappa shape index (κ3) is 1.68. The molecule has 0 radical (unpaired) electrons. The number of nitrogens with zero attached hydrogens (tertiary/aromatic N) is 2. The minimum absolute atomic E-state index is 0.384. The average molecular weight is 234 g/mol. The first-order valence-corrected chi connectivity index (χ1v) is 4.53. The van der Waals surface area contributed by atoms with Gasteiger partial charge in [0.05, 0.1) is 15.9 Å². The molecule has 12 heavy (non-hydrogen) atoms. The predicted molar refractivity (Wildman–Crippen MR) is 49.3 cm³/mol. The fourth-order valence-corrected chi connectivity index (χ4v) is 1.48. The third-order valence-corrected chi connectivity index (χ3v) is 2.70. The van der Waals surface area contributed by atoms with E-state index in [9.17, 15) is 0 Å². The van der Waals surface area contributed by atoms with E-state index in [0.717, 1.165) is 22.4 Å². The zero-order valence-corrected chi connectivity index (χ0v) is 8.76. The van der Waals surface area contributed by atoms with E-state index in [1.165, 1.54) is 0 Å². The lowest BCUT2D eigenvalue weighted by molar-refractivity contribution is 0.117. The van der Waals surface area contributed by atoms with Crippen LogP contribution in [0, 0.1) is 6.92 Å². The Morgan fingerprint density at radius 2 is 2.33 bits per heavy atom. The van der Waals surface area contributed by atoms with Crippen molar-refractivity contribution in [3.8, 4) is 0 Å². The average Bonchev–Trinajstić information content (AvgIpc) is 2.33. The van der Waals surface area contributed by atoms with E-state index >= 15 is 0 Å². The largest absolute Gasteiger partial charge is 0.298 e. The first kappa shape index (κ1) is 9.70. The van der Waals surface area contributed by atoms with Gasteiger partial charge < -0.3 is 0 Å². The number of hydrogen-bond donors (Lipinski definition) is 1. The summed E-state index contributed by atoms with van der Waals surface area (Å²) in [5.41, 5.74) is 1.95. The van der Waals surface area contributed by atoms with Gasteiger partial charge in [-0.05, 0) is 29.8 Å². The van der Waals surface area contributed by atoms with Crippen LogP contribution in [-0.4, -0.2) is 9.78 Å². The number of aryl methyl sites for hydroxylation is 2. The molecule has 0 amide bonds. The van der Waals surface area contributed by atoms with Gasteiger partial charge in [0.15, 0.2) is 0 Å². The second kappa shape index (κ2) is 4.02. The second-order valence-electron chi connectivity index (χ2n) is 2.47. The fourth-order valence-electron chi connectivity index (χ4n) is 1.09. The zero-order chi connectivity index (χ0) is 9.14. The van der Waals surface area contributed by atoms with Crippen LogP contribution in [0.15, 0.2) is 4.47 Å². The van der Waals surface area contributed by atoms with Gasteiger partial charge in [-0.15, -0.1) is 0 Å². The van der Waals surface area contributed by atoms with Crippen molar-refractivity contribution in [2.24, 2.45) is 5.90 Å². The van der Waals surface area contributed by atoms with E-state index in [0.29, 0.717) is 6.61 Å². The van der Waals surface area contributed by atoms with Crippen LogP contribution in [0.25, 0.3) is 0 Å². The van der Waals surface area contributed by atoms with Gasteiger partial charge in [-0.25, -0.2) is 5.90 Å². The molecule has 5 heteroatoms. The minimum Gasteiger partial charge on any atom is -0.298 e. The van der Waals surface area contributed by atoms with Crippen molar-refractivity contribution < 1.29 is 4.84 Å². The van der Waals surface area contributed by atoms with Gasteiger partial charge in [-0.1, -0.05) is 0 Å². The fraction of sp³-hybridized carbons (Fsp3) is 0.571. The van der Waals surface area contributed by atoms with Crippen LogP contribution in [0.2, 0.25) is 0 Å². The molecular weight excluding hydrogens is 222 g/mol. The molecule has 2 N–H and O–H groups in total. The topological polar surface area (TPSA) is 53.1 Å². The minimum atomic E-state index is 0.384. The van der Waals surface area contributed by atoms with Gasteiger partial charge in [0.2, 0.25) is 0 Å². The van der Waals surface area contributed by atoms with Crippen molar-refractivity contribution in [1.29, 1.82) is 0 Å². The molecule has 0 fully saturated rings. The van der Waals surface area contributed by atoms with E-state index in [2.05, 4.69) is 25.9 Å². The summed E-state index contributed by atoms with van der Waals surface area (Å²) in [6.07, 6.45) is 0. The molecule has 1 rings (SSSR count). The molecule has 4 nitrogen and oxygen atoms in total. The number of halogens is 1. The van der Waals surface area contributed by atoms with Crippen LogP contribution in [0.5, 0.6) is 0 Å². The molecule has 0 bridgehead atoms. The van der Waals surface area contributed by atoms with Crippen molar-refractivity contribution in [3.05, 3.63) is 15.9 Å². The molecule has 68 valence electrons. The van der Waals surface area contributed by atoms with Gasteiger partial charge in [0.25, 0.3) is 0 Å². The van der Waals surface area contributed by atoms with Crippen LogP contribution >= 0.6 is 15.9 Å². The zero-order valence-electron chi connectivity index (χ0n) is 7.17. The summed E-state index contributed by atoms with van der Waals surface area (Å²) < 4.78 is 2.85. The standard InChI is InChI=1S/C7H12BrN3O/c1-3-11-6(4-12-9)7(8)5(2)10-11/h3-4,9H2,1-2H3. The molecule has 0 spiro atoms. The lowest BCUT2D eigenvalue weighted by Crippen LogP contribution is -2.07.